The van der Waals surface area contributed by atoms with Crippen molar-refractivity contribution in [2.45, 2.75) is 6.92 Å². The van der Waals surface area contributed by atoms with Crippen molar-refractivity contribution in [2.24, 2.45) is 0 Å². The van der Waals surface area contributed by atoms with Gasteiger partial charge in [-0.1, -0.05) is 30.3 Å². The summed E-state index contributed by atoms with van der Waals surface area (Å²) < 4.78 is 0. The van der Waals surface area contributed by atoms with Crippen molar-refractivity contribution in [2.75, 3.05) is 5.32 Å². The Bertz CT molecular complexity index is 1020. The van der Waals surface area contributed by atoms with E-state index in [-0.39, 0.29) is 5.75 Å². The number of benzene rings is 3. The molecule has 0 aliphatic carbocycles. The zero-order valence-corrected chi connectivity index (χ0v) is 12.7. The van der Waals surface area contributed by atoms with E-state index in [1.54, 1.807) is 6.07 Å². The lowest BCUT2D eigenvalue weighted by molar-refractivity contribution is 0.481. The third kappa shape index (κ3) is 2.57. The first kappa shape index (κ1) is 13.6. The number of aromatic nitrogens is 1. The van der Waals surface area contributed by atoms with Crippen LogP contribution in [0.2, 0.25) is 0 Å². The van der Waals surface area contributed by atoms with Crippen LogP contribution >= 0.6 is 0 Å². The van der Waals surface area contributed by atoms with Crippen molar-refractivity contribution in [1.82, 2.24) is 4.98 Å². The maximum absolute atomic E-state index is 10.3. The molecule has 0 aliphatic heterocycles. The summed E-state index contributed by atoms with van der Waals surface area (Å²) in [5.74, 6) is 0.184. The molecule has 4 rings (SSSR count). The quantitative estimate of drug-likeness (QED) is 0.503. The number of pyridine rings is 1. The molecule has 0 radical (unpaired) electrons. The third-order valence-electron chi connectivity index (χ3n) is 3.91. The SMILES string of the molecule is Cc1cccc(Nc2cc(O)c3nc4ccccc4cc3c2)c1. The van der Waals surface area contributed by atoms with Crippen LogP contribution < -0.4 is 5.32 Å². The van der Waals surface area contributed by atoms with Gasteiger partial charge in [-0.25, -0.2) is 4.98 Å². The van der Waals surface area contributed by atoms with E-state index < -0.39 is 0 Å². The fraction of sp³-hybridized carbons (Fsp3) is 0.0500. The Morgan fingerprint density at radius 3 is 2.57 bits per heavy atom. The van der Waals surface area contributed by atoms with E-state index in [0.29, 0.717) is 5.52 Å². The standard InChI is InChI=1S/C20H16N2O/c1-13-5-4-7-16(9-13)21-17-11-15-10-14-6-2-3-8-18(14)22-20(15)19(23)12-17/h2-12,21,23H,1H3. The Balaban J connectivity index is 1.84. The van der Waals surface area contributed by atoms with Gasteiger partial charge in [0.1, 0.15) is 11.3 Å². The Hall–Kier alpha value is -3.07. The molecule has 112 valence electrons. The summed E-state index contributed by atoms with van der Waals surface area (Å²) in [6, 6.07) is 21.8. The number of phenolic OH excluding ortho intramolecular Hbond substituents is 1. The predicted molar refractivity (Wildman–Crippen MR) is 95.4 cm³/mol. The van der Waals surface area contributed by atoms with E-state index in [9.17, 15) is 5.11 Å². The van der Waals surface area contributed by atoms with E-state index in [4.69, 9.17) is 0 Å². The summed E-state index contributed by atoms with van der Waals surface area (Å²) in [4.78, 5) is 4.56. The van der Waals surface area contributed by atoms with Crippen molar-refractivity contribution < 1.29 is 5.11 Å². The van der Waals surface area contributed by atoms with Crippen molar-refractivity contribution in [1.29, 1.82) is 0 Å². The number of aryl methyl sites for hydroxylation is 1. The van der Waals surface area contributed by atoms with Crippen LogP contribution in [0.25, 0.3) is 21.8 Å². The molecule has 3 heteroatoms. The highest BCUT2D eigenvalue weighted by Crippen LogP contribution is 2.31. The molecule has 0 saturated heterocycles. The molecule has 0 fully saturated rings. The molecule has 1 aromatic heterocycles. The van der Waals surface area contributed by atoms with Crippen LogP contribution in [0.3, 0.4) is 0 Å². The van der Waals surface area contributed by atoms with E-state index in [1.165, 1.54) is 5.56 Å². The summed E-state index contributed by atoms with van der Waals surface area (Å²) in [7, 11) is 0. The van der Waals surface area contributed by atoms with Gasteiger partial charge in [0, 0.05) is 28.2 Å². The van der Waals surface area contributed by atoms with Crippen molar-refractivity contribution >= 4 is 33.2 Å². The molecule has 1 heterocycles. The van der Waals surface area contributed by atoms with Gasteiger partial charge >= 0.3 is 0 Å². The number of para-hydroxylation sites is 1. The average molecular weight is 300 g/mol. The molecular weight excluding hydrogens is 284 g/mol. The maximum Gasteiger partial charge on any atom is 0.143 e. The van der Waals surface area contributed by atoms with Crippen LogP contribution in [-0.4, -0.2) is 10.1 Å². The molecule has 2 N–H and O–H groups in total. The normalized spacial score (nSPS) is 11.0. The molecule has 0 spiro atoms. The average Bonchev–Trinajstić information content (AvgIpc) is 2.53. The van der Waals surface area contributed by atoms with Crippen LogP contribution in [-0.2, 0) is 0 Å². The van der Waals surface area contributed by atoms with E-state index >= 15 is 0 Å². The molecule has 0 aliphatic rings. The van der Waals surface area contributed by atoms with Crippen molar-refractivity contribution in [3.8, 4) is 5.75 Å². The second kappa shape index (κ2) is 5.29. The van der Waals surface area contributed by atoms with Crippen LogP contribution in [0.15, 0.2) is 66.7 Å². The number of hydrogen-bond donors (Lipinski definition) is 2. The van der Waals surface area contributed by atoms with Gasteiger partial charge in [-0.3, -0.25) is 0 Å². The second-order valence-corrected chi connectivity index (χ2v) is 5.74. The summed E-state index contributed by atoms with van der Waals surface area (Å²) in [6.45, 7) is 2.05. The lowest BCUT2D eigenvalue weighted by Crippen LogP contribution is -1.92. The molecule has 0 saturated carbocycles. The highest BCUT2D eigenvalue weighted by molar-refractivity contribution is 5.97. The number of fused-ring (bicyclic) bond motifs is 2. The van der Waals surface area contributed by atoms with Crippen molar-refractivity contribution in [3.63, 3.8) is 0 Å². The summed E-state index contributed by atoms with van der Waals surface area (Å²) >= 11 is 0. The highest BCUT2D eigenvalue weighted by Gasteiger charge is 2.07. The van der Waals surface area contributed by atoms with Gasteiger partial charge in [-0.15, -0.1) is 0 Å². The minimum atomic E-state index is 0.184. The minimum absolute atomic E-state index is 0.184. The maximum atomic E-state index is 10.3. The number of nitrogens with one attached hydrogen (secondary N) is 1. The first-order valence-electron chi connectivity index (χ1n) is 7.55. The molecule has 4 aromatic rings. The first-order valence-corrected chi connectivity index (χ1v) is 7.55. The molecule has 3 aromatic carbocycles. The largest absolute Gasteiger partial charge is 0.506 e. The van der Waals surface area contributed by atoms with Crippen molar-refractivity contribution in [3.05, 3.63) is 72.3 Å². The van der Waals surface area contributed by atoms with Crippen LogP contribution in [0, 0.1) is 6.92 Å². The summed E-state index contributed by atoms with van der Waals surface area (Å²) in [5.41, 5.74) is 4.54. The van der Waals surface area contributed by atoms with Crippen LogP contribution in [0.1, 0.15) is 5.56 Å². The molecule has 23 heavy (non-hydrogen) atoms. The van der Waals surface area contributed by atoms with Gasteiger partial charge in [0.25, 0.3) is 0 Å². The van der Waals surface area contributed by atoms with E-state index in [2.05, 4.69) is 35.4 Å². The Labute approximate surface area is 134 Å². The molecule has 0 bridgehead atoms. The fourth-order valence-corrected chi connectivity index (χ4v) is 2.83. The first-order chi connectivity index (χ1) is 11.2. The Morgan fingerprint density at radius 1 is 0.826 bits per heavy atom. The smallest absolute Gasteiger partial charge is 0.143 e. The third-order valence-corrected chi connectivity index (χ3v) is 3.91. The topological polar surface area (TPSA) is 45.1 Å². The number of rotatable bonds is 2. The number of hydrogen-bond acceptors (Lipinski definition) is 3. The number of anilines is 2. The highest BCUT2D eigenvalue weighted by atomic mass is 16.3. The molecule has 0 atom stereocenters. The number of phenols is 1. The Kier molecular flexibility index (Phi) is 3.12. The van der Waals surface area contributed by atoms with Gasteiger partial charge in [0.2, 0.25) is 0 Å². The van der Waals surface area contributed by atoms with Gasteiger partial charge in [-0.05, 0) is 42.8 Å². The van der Waals surface area contributed by atoms with Crippen LogP contribution in [0.4, 0.5) is 11.4 Å². The Morgan fingerprint density at radius 2 is 1.70 bits per heavy atom. The fourth-order valence-electron chi connectivity index (χ4n) is 2.83. The second-order valence-electron chi connectivity index (χ2n) is 5.74. The summed E-state index contributed by atoms with van der Waals surface area (Å²) in [5, 5.41) is 15.7. The van der Waals surface area contributed by atoms with Gasteiger partial charge in [0.05, 0.1) is 5.52 Å². The monoisotopic (exact) mass is 300 g/mol. The number of aromatic hydroxyl groups is 1. The van der Waals surface area contributed by atoms with Gasteiger partial charge < -0.3 is 10.4 Å². The van der Waals surface area contributed by atoms with Gasteiger partial charge in [0.15, 0.2) is 0 Å². The molecule has 3 nitrogen and oxygen atoms in total. The lowest BCUT2D eigenvalue weighted by Gasteiger charge is -2.10. The summed E-state index contributed by atoms with van der Waals surface area (Å²) in [6.07, 6.45) is 0. The predicted octanol–water partition coefficient (Wildman–Crippen LogP) is 5.15. The van der Waals surface area contributed by atoms with Crippen LogP contribution in [0.5, 0.6) is 5.75 Å². The molecule has 0 amide bonds. The number of nitrogens with zero attached hydrogens (tertiary/aromatic N) is 1. The van der Waals surface area contributed by atoms with Gasteiger partial charge in [-0.2, -0.15) is 0 Å². The lowest BCUT2D eigenvalue weighted by atomic mass is 10.1. The zero-order valence-electron chi connectivity index (χ0n) is 12.7. The molecular formula is C20H16N2O. The van der Waals surface area contributed by atoms with E-state index in [1.807, 2.05) is 42.5 Å². The van der Waals surface area contributed by atoms with E-state index in [0.717, 1.165) is 27.7 Å². The molecule has 0 unspecified atom stereocenters. The zero-order chi connectivity index (χ0) is 15.8. The minimum Gasteiger partial charge on any atom is -0.506 e.